The summed E-state index contributed by atoms with van der Waals surface area (Å²) in [6.45, 7) is 3.47. The van der Waals surface area contributed by atoms with E-state index in [1.54, 1.807) is 13.0 Å². The highest BCUT2D eigenvalue weighted by Gasteiger charge is 2.31. The van der Waals surface area contributed by atoms with Crippen LogP contribution in [0.2, 0.25) is 0 Å². The van der Waals surface area contributed by atoms with Crippen LogP contribution in [0.5, 0.6) is 0 Å². The smallest absolute Gasteiger partial charge is 0.246 e. The third-order valence-electron chi connectivity index (χ3n) is 3.68. The summed E-state index contributed by atoms with van der Waals surface area (Å²) in [7, 11) is -1.88. The van der Waals surface area contributed by atoms with Gasteiger partial charge in [-0.3, -0.25) is 0 Å². The lowest BCUT2D eigenvalue weighted by Gasteiger charge is -2.32. The van der Waals surface area contributed by atoms with Crippen LogP contribution < -0.4 is 5.32 Å². The van der Waals surface area contributed by atoms with Crippen molar-refractivity contribution in [3.63, 3.8) is 0 Å². The van der Waals surface area contributed by atoms with Crippen molar-refractivity contribution >= 4 is 10.0 Å². The number of nitrogens with one attached hydrogen (secondary N) is 1. The van der Waals surface area contributed by atoms with Gasteiger partial charge in [0.05, 0.1) is 0 Å². The van der Waals surface area contributed by atoms with Gasteiger partial charge in [0.1, 0.15) is 10.7 Å². The van der Waals surface area contributed by atoms with E-state index >= 15 is 0 Å². The molecule has 2 rings (SSSR count). The van der Waals surface area contributed by atoms with Gasteiger partial charge in [-0.15, -0.1) is 0 Å². The standard InChI is InChI=1S/C14H21FN2O2S/c1-11-5-6-13(15)14(8-11)20(18,19)17-7-3-4-12(10-17)9-16-2/h5-6,8,12,16H,3-4,7,9-10H2,1-2H3. The monoisotopic (exact) mass is 300 g/mol. The Hall–Kier alpha value is -0.980. The maximum absolute atomic E-state index is 13.8. The van der Waals surface area contributed by atoms with Crippen molar-refractivity contribution in [1.82, 2.24) is 9.62 Å². The minimum absolute atomic E-state index is 0.206. The van der Waals surface area contributed by atoms with Gasteiger partial charge in [0.15, 0.2) is 0 Å². The summed E-state index contributed by atoms with van der Waals surface area (Å²) < 4.78 is 40.4. The zero-order valence-electron chi connectivity index (χ0n) is 11.9. The normalized spacial score (nSPS) is 21.1. The highest BCUT2D eigenvalue weighted by atomic mass is 32.2. The zero-order chi connectivity index (χ0) is 14.8. The van der Waals surface area contributed by atoms with E-state index < -0.39 is 15.8 Å². The van der Waals surface area contributed by atoms with Gasteiger partial charge < -0.3 is 5.32 Å². The van der Waals surface area contributed by atoms with Crippen molar-refractivity contribution in [2.45, 2.75) is 24.7 Å². The lowest BCUT2D eigenvalue weighted by Crippen LogP contribution is -2.42. The summed E-state index contributed by atoms with van der Waals surface area (Å²) in [4.78, 5) is -0.206. The molecule has 1 saturated heterocycles. The second-order valence-electron chi connectivity index (χ2n) is 5.36. The third kappa shape index (κ3) is 3.19. The molecule has 0 amide bonds. The number of sulfonamides is 1. The van der Waals surface area contributed by atoms with Crippen LogP contribution >= 0.6 is 0 Å². The van der Waals surface area contributed by atoms with Crippen molar-refractivity contribution in [3.05, 3.63) is 29.6 Å². The van der Waals surface area contributed by atoms with Crippen molar-refractivity contribution in [2.24, 2.45) is 5.92 Å². The van der Waals surface area contributed by atoms with Gasteiger partial charge in [0.2, 0.25) is 10.0 Å². The fourth-order valence-corrected chi connectivity index (χ4v) is 4.35. The Balaban J connectivity index is 2.27. The Bertz CT molecular complexity index is 573. The number of aryl methyl sites for hydroxylation is 1. The van der Waals surface area contributed by atoms with E-state index in [4.69, 9.17) is 0 Å². The molecule has 6 heteroatoms. The van der Waals surface area contributed by atoms with Gasteiger partial charge in [0, 0.05) is 13.1 Å². The molecule has 1 unspecified atom stereocenters. The van der Waals surface area contributed by atoms with Crippen molar-refractivity contribution in [3.8, 4) is 0 Å². The summed E-state index contributed by atoms with van der Waals surface area (Å²) in [6, 6.07) is 4.21. The molecule has 4 nitrogen and oxygen atoms in total. The van der Waals surface area contributed by atoms with Gasteiger partial charge >= 0.3 is 0 Å². The van der Waals surface area contributed by atoms with Crippen LogP contribution in [-0.4, -0.2) is 39.4 Å². The van der Waals surface area contributed by atoms with Crippen LogP contribution in [0.25, 0.3) is 0 Å². The molecule has 112 valence electrons. The molecule has 0 aromatic heterocycles. The maximum Gasteiger partial charge on any atom is 0.246 e. The summed E-state index contributed by atoms with van der Waals surface area (Å²) >= 11 is 0. The molecule has 0 radical (unpaired) electrons. The van der Waals surface area contributed by atoms with E-state index in [1.165, 1.54) is 16.4 Å². The molecule has 1 aliphatic heterocycles. The van der Waals surface area contributed by atoms with Gasteiger partial charge in [-0.2, -0.15) is 4.31 Å². The SMILES string of the molecule is CNCC1CCCN(S(=O)(=O)c2cc(C)ccc2F)C1. The number of benzene rings is 1. The topological polar surface area (TPSA) is 49.4 Å². The molecule has 0 aliphatic carbocycles. The van der Waals surface area contributed by atoms with Crippen LogP contribution in [0.15, 0.2) is 23.1 Å². The number of hydrogen-bond acceptors (Lipinski definition) is 3. The molecule has 0 spiro atoms. The lowest BCUT2D eigenvalue weighted by atomic mass is 10.00. The van der Waals surface area contributed by atoms with E-state index in [9.17, 15) is 12.8 Å². The Morgan fingerprint density at radius 3 is 2.90 bits per heavy atom. The molecule has 1 aromatic rings. The number of hydrogen-bond donors (Lipinski definition) is 1. The van der Waals surface area contributed by atoms with Crippen molar-refractivity contribution in [1.29, 1.82) is 0 Å². The summed E-state index contributed by atoms with van der Waals surface area (Å²) in [6.07, 6.45) is 1.82. The first kappa shape index (κ1) is 15.4. The number of piperidine rings is 1. The first-order chi connectivity index (χ1) is 9.45. The predicted molar refractivity (Wildman–Crippen MR) is 76.5 cm³/mol. The molecule has 0 saturated carbocycles. The van der Waals surface area contributed by atoms with Crippen LogP contribution in [0.1, 0.15) is 18.4 Å². The molecule has 1 atom stereocenters. The Labute approximate surface area is 120 Å². The van der Waals surface area contributed by atoms with Gasteiger partial charge in [-0.05, 0) is 57.0 Å². The molecule has 0 bridgehead atoms. The zero-order valence-corrected chi connectivity index (χ0v) is 12.7. The predicted octanol–water partition coefficient (Wildman–Crippen LogP) is 1.75. The molecular formula is C14H21FN2O2S. The minimum atomic E-state index is -3.74. The second-order valence-corrected chi connectivity index (χ2v) is 7.27. The molecule has 1 N–H and O–H groups in total. The van der Waals surface area contributed by atoms with Gasteiger partial charge in [-0.25, -0.2) is 12.8 Å². The maximum atomic E-state index is 13.8. The minimum Gasteiger partial charge on any atom is -0.319 e. The summed E-state index contributed by atoms with van der Waals surface area (Å²) in [5.41, 5.74) is 0.744. The van der Waals surface area contributed by atoms with E-state index in [1.807, 2.05) is 7.05 Å². The summed E-state index contributed by atoms with van der Waals surface area (Å²) in [5, 5.41) is 3.07. The summed E-state index contributed by atoms with van der Waals surface area (Å²) in [5.74, 6) is -0.386. The van der Waals surface area contributed by atoms with Gasteiger partial charge in [0.25, 0.3) is 0 Å². The third-order valence-corrected chi connectivity index (χ3v) is 5.56. The van der Waals surface area contributed by atoms with Crippen molar-refractivity contribution in [2.75, 3.05) is 26.7 Å². The average molecular weight is 300 g/mol. The first-order valence-electron chi connectivity index (χ1n) is 6.86. The Morgan fingerprint density at radius 1 is 1.45 bits per heavy atom. The first-order valence-corrected chi connectivity index (χ1v) is 8.30. The molecule has 1 aliphatic rings. The highest BCUT2D eigenvalue weighted by Crippen LogP contribution is 2.25. The van der Waals surface area contributed by atoms with Crippen LogP contribution in [0, 0.1) is 18.7 Å². The Kier molecular flexibility index (Phi) is 4.78. The van der Waals surface area contributed by atoms with Crippen LogP contribution in [0.4, 0.5) is 4.39 Å². The van der Waals surface area contributed by atoms with E-state index in [-0.39, 0.29) is 10.8 Å². The van der Waals surface area contributed by atoms with E-state index in [0.717, 1.165) is 24.9 Å². The molecular weight excluding hydrogens is 279 g/mol. The van der Waals surface area contributed by atoms with Gasteiger partial charge in [-0.1, -0.05) is 6.07 Å². The van der Waals surface area contributed by atoms with Crippen LogP contribution in [-0.2, 0) is 10.0 Å². The Morgan fingerprint density at radius 2 is 2.20 bits per heavy atom. The lowest BCUT2D eigenvalue weighted by molar-refractivity contribution is 0.263. The largest absolute Gasteiger partial charge is 0.319 e. The van der Waals surface area contributed by atoms with Crippen LogP contribution in [0.3, 0.4) is 0 Å². The number of rotatable bonds is 4. The fourth-order valence-electron chi connectivity index (χ4n) is 2.65. The second kappa shape index (κ2) is 6.20. The van der Waals surface area contributed by atoms with E-state index in [0.29, 0.717) is 13.1 Å². The van der Waals surface area contributed by atoms with E-state index in [2.05, 4.69) is 5.32 Å². The quantitative estimate of drug-likeness (QED) is 0.922. The molecule has 20 heavy (non-hydrogen) atoms. The fraction of sp³-hybridized carbons (Fsp3) is 0.571. The van der Waals surface area contributed by atoms with Crippen molar-refractivity contribution < 1.29 is 12.8 Å². The molecule has 1 heterocycles. The molecule has 1 aromatic carbocycles. The average Bonchev–Trinajstić information content (AvgIpc) is 2.42. The number of nitrogens with zero attached hydrogens (tertiary/aromatic N) is 1. The molecule has 1 fully saturated rings. The highest BCUT2D eigenvalue weighted by molar-refractivity contribution is 7.89. The number of halogens is 1.